The summed E-state index contributed by atoms with van der Waals surface area (Å²) in [5.41, 5.74) is 0.849. The van der Waals surface area contributed by atoms with Crippen molar-refractivity contribution in [3.05, 3.63) is 35.9 Å². The molecule has 1 N–H and O–H groups in total. The first-order valence-electron chi connectivity index (χ1n) is 7.78. The van der Waals surface area contributed by atoms with Gasteiger partial charge in [-0.05, 0) is 5.56 Å². The first-order chi connectivity index (χ1) is 11.5. The molecule has 8 nitrogen and oxygen atoms in total. The number of nitrogens with one attached hydrogen (secondary N) is 1. The van der Waals surface area contributed by atoms with E-state index in [1.807, 2.05) is 30.3 Å². The number of piperidine rings is 1. The van der Waals surface area contributed by atoms with E-state index in [0.29, 0.717) is 26.1 Å². The molecule has 1 aromatic carbocycles. The topological polar surface area (TPSA) is 94.2 Å². The van der Waals surface area contributed by atoms with E-state index in [1.165, 1.54) is 0 Å². The quantitative estimate of drug-likeness (QED) is 0.865. The minimum atomic E-state index is -4.12. The van der Waals surface area contributed by atoms with Crippen molar-refractivity contribution < 1.29 is 26.9 Å². The maximum absolute atomic E-state index is 12.2. The van der Waals surface area contributed by atoms with Crippen LogP contribution in [0.3, 0.4) is 0 Å². The van der Waals surface area contributed by atoms with Gasteiger partial charge in [-0.1, -0.05) is 30.3 Å². The molecule has 2 aliphatic heterocycles. The fourth-order valence-electron chi connectivity index (χ4n) is 2.78. The Balaban J connectivity index is 1.49. The number of ether oxygens (including phenoxy) is 2. The Hall–Kier alpha value is -1.68. The first-order valence-corrected chi connectivity index (χ1v) is 9.15. The average Bonchev–Trinajstić information content (AvgIpc) is 3.02. The summed E-state index contributed by atoms with van der Waals surface area (Å²) in [5.74, 6) is -0.679. The molecule has 0 aromatic heterocycles. The second-order valence-corrected chi connectivity index (χ2v) is 7.21. The lowest BCUT2D eigenvalue weighted by molar-refractivity contribution is -0.179. The summed E-state index contributed by atoms with van der Waals surface area (Å²) in [7, 11) is -4.12. The molecule has 0 radical (unpaired) electrons. The van der Waals surface area contributed by atoms with Gasteiger partial charge in [-0.25, -0.2) is 4.79 Å². The number of carbonyl (C=O) groups is 1. The van der Waals surface area contributed by atoms with Crippen molar-refractivity contribution in [2.45, 2.75) is 25.2 Å². The van der Waals surface area contributed by atoms with Crippen LogP contribution in [0.5, 0.6) is 0 Å². The zero-order valence-electron chi connectivity index (χ0n) is 13.1. The molecule has 0 atom stereocenters. The van der Waals surface area contributed by atoms with Crippen LogP contribution in [0.25, 0.3) is 0 Å². The van der Waals surface area contributed by atoms with Crippen LogP contribution in [0.4, 0.5) is 4.79 Å². The summed E-state index contributed by atoms with van der Waals surface area (Å²) in [5, 5.41) is 2.43. The van der Waals surface area contributed by atoms with Gasteiger partial charge in [0.1, 0.15) is 0 Å². The molecule has 2 fully saturated rings. The average molecular weight is 356 g/mol. The summed E-state index contributed by atoms with van der Waals surface area (Å²) in [4.78, 5) is 11.7. The van der Waals surface area contributed by atoms with Crippen molar-refractivity contribution in [1.82, 2.24) is 9.62 Å². The van der Waals surface area contributed by atoms with Crippen molar-refractivity contribution in [1.29, 1.82) is 0 Å². The van der Waals surface area contributed by atoms with Gasteiger partial charge in [-0.15, -0.1) is 0 Å². The highest BCUT2D eigenvalue weighted by Crippen LogP contribution is 2.32. The third kappa shape index (κ3) is 4.04. The van der Waals surface area contributed by atoms with E-state index in [4.69, 9.17) is 9.47 Å². The van der Waals surface area contributed by atoms with Crippen LogP contribution in [0, 0.1) is 0 Å². The lowest BCUT2D eigenvalue weighted by Crippen LogP contribution is -2.48. The Morgan fingerprint density at radius 1 is 1.17 bits per heavy atom. The molecule has 132 valence electrons. The summed E-state index contributed by atoms with van der Waals surface area (Å²) >= 11 is 0. The second-order valence-electron chi connectivity index (χ2n) is 5.67. The smallest absolute Gasteiger partial charge is 0.347 e. The minimum absolute atomic E-state index is 0.189. The molecule has 0 aliphatic carbocycles. The Morgan fingerprint density at radius 3 is 2.42 bits per heavy atom. The molecule has 24 heavy (non-hydrogen) atoms. The maximum Gasteiger partial charge on any atom is 0.423 e. The number of carbonyl (C=O) groups excluding carboxylic acids is 1. The molecule has 2 aliphatic rings. The van der Waals surface area contributed by atoms with Crippen LogP contribution in [-0.2, 0) is 30.5 Å². The van der Waals surface area contributed by atoms with Crippen molar-refractivity contribution in [3.8, 4) is 0 Å². The fraction of sp³-hybridized carbons (Fsp3) is 0.533. The summed E-state index contributed by atoms with van der Waals surface area (Å²) < 4.78 is 41.2. The van der Waals surface area contributed by atoms with Gasteiger partial charge in [-0.2, -0.15) is 12.7 Å². The Bertz CT molecular complexity index is 662. The predicted octanol–water partition coefficient (Wildman–Crippen LogP) is 0.997. The van der Waals surface area contributed by atoms with Gasteiger partial charge in [-0.3, -0.25) is 0 Å². The standard InChI is InChI=1S/C15H20N2O6S/c18-14(16-12-13-4-2-1-3-5-13)23-24(19,20)17-8-6-15(7-9-17)21-10-11-22-15/h1-5H,6-12H2,(H,16,18). The molecule has 2 saturated heterocycles. The Morgan fingerprint density at radius 2 is 1.79 bits per heavy atom. The summed E-state index contributed by atoms with van der Waals surface area (Å²) in [6.07, 6.45) is -0.157. The van der Waals surface area contributed by atoms with E-state index in [-0.39, 0.29) is 19.6 Å². The minimum Gasteiger partial charge on any atom is -0.347 e. The lowest BCUT2D eigenvalue weighted by Gasteiger charge is -2.35. The van der Waals surface area contributed by atoms with Gasteiger partial charge >= 0.3 is 16.4 Å². The molecule has 1 amide bonds. The Labute approximate surface area is 140 Å². The molecule has 0 bridgehead atoms. The van der Waals surface area contributed by atoms with Crippen LogP contribution in [0.15, 0.2) is 30.3 Å². The van der Waals surface area contributed by atoms with Gasteiger partial charge in [0.05, 0.1) is 13.2 Å². The third-order valence-electron chi connectivity index (χ3n) is 4.07. The zero-order chi connectivity index (χ0) is 17.0. The van der Waals surface area contributed by atoms with Crippen molar-refractivity contribution in [2.24, 2.45) is 0 Å². The number of benzene rings is 1. The van der Waals surface area contributed by atoms with E-state index in [0.717, 1.165) is 9.87 Å². The molecule has 1 aromatic rings. The number of nitrogens with zero attached hydrogens (tertiary/aromatic N) is 1. The van der Waals surface area contributed by atoms with Crippen LogP contribution in [0.2, 0.25) is 0 Å². The number of hydrogen-bond donors (Lipinski definition) is 1. The maximum atomic E-state index is 12.2. The van der Waals surface area contributed by atoms with Crippen LogP contribution in [0.1, 0.15) is 18.4 Å². The largest absolute Gasteiger partial charge is 0.423 e. The van der Waals surface area contributed by atoms with Crippen LogP contribution >= 0.6 is 0 Å². The highest BCUT2D eigenvalue weighted by atomic mass is 32.2. The number of hydrogen-bond acceptors (Lipinski definition) is 6. The van der Waals surface area contributed by atoms with Gasteiger partial charge in [0.25, 0.3) is 0 Å². The molecule has 3 rings (SSSR count). The number of rotatable bonds is 4. The van der Waals surface area contributed by atoms with Gasteiger partial charge in [0.2, 0.25) is 0 Å². The zero-order valence-corrected chi connectivity index (χ0v) is 14.0. The van der Waals surface area contributed by atoms with Crippen LogP contribution < -0.4 is 5.32 Å². The van der Waals surface area contributed by atoms with Gasteiger partial charge in [0.15, 0.2) is 5.79 Å². The van der Waals surface area contributed by atoms with E-state index in [2.05, 4.69) is 9.50 Å². The lowest BCUT2D eigenvalue weighted by atomic mass is 10.1. The van der Waals surface area contributed by atoms with Crippen molar-refractivity contribution in [3.63, 3.8) is 0 Å². The van der Waals surface area contributed by atoms with E-state index < -0.39 is 22.2 Å². The third-order valence-corrected chi connectivity index (χ3v) is 5.43. The summed E-state index contributed by atoms with van der Waals surface area (Å²) in [6.45, 7) is 1.61. The number of amides is 1. The fourth-order valence-corrected chi connectivity index (χ4v) is 3.77. The second kappa shape index (κ2) is 7.06. The highest BCUT2D eigenvalue weighted by molar-refractivity contribution is 7.84. The molecular weight excluding hydrogens is 336 g/mol. The van der Waals surface area contributed by atoms with Crippen molar-refractivity contribution >= 4 is 16.4 Å². The van der Waals surface area contributed by atoms with E-state index >= 15 is 0 Å². The SMILES string of the molecule is O=C(NCc1ccccc1)OS(=O)(=O)N1CCC2(CC1)OCCO2. The van der Waals surface area contributed by atoms with Crippen LogP contribution in [-0.4, -0.2) is 50.9 Å². The highest BCUT2D eigenvalue weighted by Gasteiger charge is 2.43. The van der Waals surface area contributed by atoms with E-state index in [9.17, 15) is 13.2 Å². The molecule has 0 unspecified atom stereocenters. The first kappa shape index (κ1) is 17.2. The van der Waals surface area contributed by atoms with Crippen molar-refractivity contribution in [2.75, 3.05) is 26.3 Å². The monoisotopic (exact) mass is 356 g/mol. The molecular formula is C15H20N2O6S. The molecule has 9 heteroatoms. The molecule has 0 saturated carbocycles. The molecule has 2 heterocycles. The summed E-state index contributed by atoms with van der Waals surface area (Å²) in [6, 6.07) is 9.15. The Kier molecular flexibility index (Phi) is 5.04. The normalized spacial score (nSPS) is 20.8. The van der Waals surface area contributed by atoms with Gasteiger partial charge in [0, 0.05) is 32.5 Å². The van der Waals surface area contributed by atoms with Gasteiger partial charge < -0.3 is 19.0 Å². The molecule has 1 spiro atoms. The van der Waals surface area contributed by atoms with E-state index in [1.54, 1.807) is 0 Å². The predicted molar refractivity (Wildman–Crippen MR) is 84.1 cm³/mol.